The molecule has 5 nitrogen and oxygen atoms in total. The number of nitrogens with one attached hydrogen (secondary N) is 1. The first-order valence-electron chi connectivity index (χ1n) is 5.58. The highest BCUT2D eigenvalue weighted by Crippen LogP contribution is 2.15. The third-order valence-corrected chi connectivity index (χ3v) is 2.40. The molecule has 0 fully saturated rings. The van der Waals surface area contributed by atoms with Crippen molar-refractivity contribution in [3.05, 3.63) is 42.5 Å². The minimum Gasteiger partial charge on any atom is -0.369 e. The van der Waals surface area contributed by atoms with Gasteiger partial charge in [0.05, 0.1) is 12.5 Å². The molecule has 2 amide bonds. The predicted molar refractivity (Wildman–Crippen MR) is 70.8 cm³/mol. The van der Waals surface area contributed by atoms with E-state index in [9.17, 15) is 9.59 Å². The van der Waals surface area contributed by atoms with Crippen molar-refractivity contribution in [2.75, 3.05) is 5.32 Å². The van der Waals surface area contributed by atoms with E-state index in [4.69, 9.17) is 11.5 Å². The Morgan fingerprint density at radius 1 is 1.39 bits per heavy atom. The van der Waals surface area contributed by atoms with Crippen LogP contribution in [0.4, 0.5) is 5.69 Å². The Labute approximate surface area is 106 Å². The minimum atomic E-state index is -0.649. The molecule has 0 aromatic heterocycles. The number of carbonyl (C=O) groups is 2. The van der Waals surface area contributed by atoms with Gasteiger partial charge in [0.2, 0.25) is 11.8 Å². The summed E-state index contributed by atoms with van der Waals surface area (Å²) < 4.78 is 0. The van der Waals surface area contributed by atoms with Crippen LogP contribution in [0, 0.1) is 0 Å². The maximum atomic E-state index is 11.7. The van der Waals surface area contributed by atoms with E-state index in [2.05, 4.69) is 11.9 Å². The molecule has 0 aliphatic rings. The lowest BCUT2D eigenvalue weighted by Gasteiger charge is -2.13. The SMILES string of the molecule is C=CCC(N)C(=O)Nc1ccccc1CC(N)=O. The largest absolute Gasteiger partial charge is 0.369 e. The number of hydrogen-bond donors (Lipinski definition) is 3. The summed E-state index contributed by atoms with van der Waals surface area (Å²) in [5, 5.41) is 2.68. The molecule has 1 aromatic rings. The van der Waals surface area contributed by atoms with Gasteiger partial charge in [-0.3, -0.25) is 9.59 Å². The summed E-state index contributed by atoms with van der Waals surface area (Å²) in [7, 11) is 0. The van der Waals surface area contributed by atoms with Gasteiger partial charge >= 0.3 is 0 Å². The van der Waals surface area contributed by atoms with E-state index >= 15 is 0 Å². The van der Waals surface area contributed by atoms with Crippen LogP contribution in [0.1, 0.15) is 12.0 Å². The van der Waals surface area contributed by atoms with Crippen LogP contribution in [0.15, 0.2) is 36.9 Å². The summed E-state index contributed by atoms with van der Waals surface area (Å²) in [6.45, 7) is 3.53. The molecule has 0 aliphatic heterocycles. The van der Waals surface area contributed by atoms with Crippen LogP contribution in [0.25, 0.3) is 0 Å². The van der Waals surface area contributed by atoms with Crippen molar-refractivity contribution in [1.82, 2.24) is 0 Å². The van der Waals surface area contributed by atoms with Crippen molar-refractivity contribution in [2.45, 2.75) is 18.9 Å². The molecule has 1 atom stereocenters. The van der Waals surface area contributed by atoms with Crippen LogP contribution in [0.5, 0.6) is 0 Å². The van der Waals surface area contributed by atoms with Crippen LogP contribution in [0.2, 0.25) is 0 Å². The van der Waals surface area contributed by atoms with Crippen LogP contribution >= 0.6 is 0 Å². The van der Waals surface area contributed by atoms with Gasteiger partial charge in [0.1, 0.15) is 0 Å². The van der Waals surface area contributed by atoms with Gasteiger partial charge in [-0.2, -0.15) is 0 Å². The second-order valence-electron chi connectivity index (χ2n) is 3.92. The zero-order chi connectivity index (χ0) is 13.5. The number of hydrogen-bond acceptors (Lipinski definition) is 3. The van der Waals surface area contributed by atoms with E-state index in [-0.39, 0.29) is 12.3 Å². The van der Waals surface area contributed by atoms with Crippen molar-refractivity contribution in [3.8, 4) is 0 Å². The lowest BCUT2D eigenvalue weighted by atomic mass is 10.1. The molecular formula is C13H17N3O2. The number of anilines is 1. The highest BCUT2D eigenvalue weighted by molar-refractivity contribution is 5.96. The van der Waals surface area contributed by atoms with Gasteiger partial charge in [-0.25, -0.2) is 0 Å². The highest BCUT2D eigenvalue weighted by atomic mass is 16.2. The summed E-state index contributed by atoms with van der Waals surface area (Å²) in [5.41, 5.74) is 12.0. The van der Waals surface area contributed by atoms with Gasteiger partial charge in [0.15, 0.2) is 0 Å². The highest BCUT2D eigenvalue weighted by Gasteiger charge is 2.13. The first-order valence-corrected chi connectivity index (χ1v) is 5.58. The number of carbonyl (C=O) groups excluding carboxylic acids is 2. The second-order valence-corrected chi connectivity index (χ2v) is 3.92. The van der Waals surface area contributed by atoms with Gasteiger partial charge in [0.25, 0.3) is 0 Å². The number of para-hydroxylation sites is 1. The standard InChI is InChI=1S/C13H17N3O2/c1-2-5-10(14)13(18)16-11-7-4-3-6-9(11)8-12(15)17/h2-4,6-7,10H,1,5,8,14H2,(H2,15,17)(H,16,18). The topological polar surface area (TPSA) is 98.2 Å². The van der Waals surface area contributed by atoms with Gasteiger partial charge in [-0.1, -0.05) is 24.3 Å². The number of amides is 2. The fraction of sp³-hybridized carbons (Fsp3) is 0.231. The lowest BCUT2D eigenvalue weighted by molar-refractivity contribution is -0.118. The number of primary amides is 1. The summed E-state index contributed by atoms with van der Waals surface area (Å²) in [4.78, 5) is 22.7. The predicted octanol–water partition coefficient (Wildman–Crippen LogP) is 0.556. The zero-order valence-corrected chi connectivity index (χ0v) is 10.1. The molecule has 5 heteroatoms. The Balaban J connectivity index is 2.80. The molecule has 1 unspecified atom stereocenters. The number of nitrogens with two attached hydrogens (primary N) is 2. The lowest BCUT2D eigenvalue weighted by Crippen LogP contribution is -2.35. The molecule has 96 valence electrons. The summed E-state index contributed by atoms with van der Waals surface area (Å²) in [6, 6.07) is 6.33. The first-order chi connectivity index (χ1) is 8.54. The third-order valence-electron chi connectivity index (χ3n) is 2.40. The average molecular weight is 247 g/mol. The summed E-state index contributed by atoms with van der Waals surface area (Å²) in [6.07, 6.45) is 2.05. The maximum absolute atomic E-state index is 11.7. The Morgan fingerprint density at radius 3 is 2.67 bits per heavy atom. The molecule has 0 spiro atoms. The van der Waals surface area contributed by atoms with E-state index in [0.29, 0.717) is 17.7 Å². The number of rotatable bonds is 6. The summed E-state index contributed by atoms with van der Waals surface area (Å²) >= 11 is 0. The van der Waals surface area contributed by atoms with E-state index in [1.807, 2.05) is 0 Å². The van der Waals surface area contributed by atoms with Gasteiger partial charge in [-0.15, -0.1) is 6.58 Å². The molecule has 5 N–H and O–H groups in total. The van der Waals surface area contributed by atoms with Crippen molar-refractivity contribution in [3.63, 3.8) is 0 Å². The van der Waals surface area contributed by atoms with Crippen LogP contribution in [-0.2, 0) is 16.0 Å². The molecule has 0 saturated heterocycles. The van der Waals surface area contributed by atoms with Crippen LogP contribution < -0.4 is 16.8 Å². The monoisotopic (exact) mass is 247 g/mol. The Morgan fingerprint density at radius 2 is 2.06 bits per heavy atom. The first kappa shape index (κ1) is 13.9. The van der Waals surface area contributed by atoms with Gasteiger partial charge < -0.3 is 16.8 Å². The summed E-state index contributed by atoms with van der Waals surface area (Å²) in [5.74, 6) is -0.765. The molecule has 1 aromatic carbocycles. The fourth-order valence-corrected chi connectivity index (χ4v) is 1.50. The fourth-order valence-electron chi connectivity index (χ4n) is 1.50. The second kappa shape index (κ2) is 6.56. The van der Waals surface area contributed by atoms with Gasteiger partial charge in [0, 0.05) is 5.69 Å². The van der Waals surface area contributed by atoms with E-state index in [1.54, 1.807) is 30.3 Å². The quantitative estimate of drug-likeness (QED) is 0.640. The molecular weight excluding hydrogens is 230 g/mol. The minimum absolute atomic E-state index is 0.0765. The van der Waals surface area contributed by atoms with E-state index in [1.165, 1.54) is 0 Å². The van der Waals surface area contributed by atoms with E-state index < -0.39 is 11.9 Å². The molecule has 0 heterocycles. The smallest absolute Gasteiger partial charge is 0.241 e. The van der Waals surface area contributed by atoms with Crippen molar-refractivity contribution >= 4 is 17.5 Å². The molecule has 0 radical (unpaired) electrons. The normalized spacial score (nSPS) is 11.6. The van der Waals surface area contributed by atoms with Crippen molar-refractivity contribution in [1.29, 1.82) is 0 Å². The number of benzene rings is 1. The molecule has 1 rings (SSSR count). The third kappa shape index (κ3) is 4.03. The zero-order valence-electron chi connectivity index (χ0n) is 10.1. The molecule has 0 bridgehead atoms. The Hall–Kier alpha value is -2.14. The van der Waals surface area contributed by atoms with Crippen molar-refractivity contribution < 1.29 is 9.59 Å². The maximum Gasteiger partial charge on any atom is 0.241 e. The average Bonchev–Trinajstić information content (AvgIpc) is 2.31. The Kier molecular flexibility index (Phi) is 5.07. The molecule has 18 heavy (non-hydrogen) atoms. The Bertz CT molecular complexity index is 457. The van der Waals surface area contributed by atoms with Crippen molar-refractivity contribution in [2.24, 2.45) is 11.5 Å². The van der Waals surface area contributed by atoms with Gasteiger partial charge in [-0.05, 0) is 18.1 Å². The van der Waals surface area contributed by atoms with Crippen LogP contribution in [-0.4, -0.2) is 17.9 Å². The van der Waals surface area contributed by atoms with Crippen LogP contribution in [0.3, 0.4) is 0 Å². The van der Waals surface area contributed by atoms with E-state index in [0.717, 1.165) is 0 Å². The molecule has 0 aliphatic carbocycles. The molecule has 0 saturated carbocycles.